The predicted octanol–water partition coefficient (Wildman–Crippen LogP) is 2.31. The van der Waals surface area contributed by atoms with E-state index in [4.69, 9.17) is 5.11 Å². The zero-order chi connectivity index (χ0) is 13.5. The highest BCUT2D eigenvalue weighted by Crippen LogP contribution is 2.27. The maximum absolute atomic E-state index is 13.4. The second-order valence-electron chi connectivity index (χ2n) is 4.37. The fourth-order valence-electron chi connectivity index (χ4n) is 2.03. The maximum Gasteiger partial charge on any atom is 0.123 e. The van der Waals surface area contributed by atoms with E-state index in [1.54, 1.807) is 6.07 Å². The van der Waals surface area contributed by atoms with E-state index in [0.29, 0.717) is 0 Å². The highest BCUT2D eigenvalue weighted by molar-refractivity contribution is 5.55. The van der Waals surface area contributed by atoms with Crippen molar-refractivity contribution in [2.24, 2.45) is 0 Å². The number of benzene rings is 1. The molecule has 1 rings (SSSR count). The summed E-state index contributed by atoms with van der Waals surface area (Å²) in [7, 11) is 1.86. The van der Waals surface area contributed by atoms with E-state index in [-0.39, 0.29) is 18.5 Å². The van der Waals surface area contributed by atoms with Gasteiger partial charge in [0.1, 0.15) is 5.82 Å². The van der Waals surface area contributed by atoms with Crippen molar-refractivity contribution < 1.29 is 9.50 Å². The summed E-state index contributed by atoms with van der Waals surface area (Å²) >= 11 is 0. The summed E-state index contributed by atoms with van der Waals surface area (Å²) in [4.78, 5) is 2.17. The first-order valence-electron chi connectivity index (χ1n) is 6.46. The lowest BCUT2D eigenvalue weighted by molar-refractivity contribution is 0.289. The van der Waals surface area contributed by atoms with E-state index in [2.05, 4.69) is 17.1 Å². The van der Waals surface area contributed by atoms with Crippen molar-refractivity contribution in [3.05, 3.63) is 29.6 Å². The minimum atomic E-state index is -0.214. The monoisotopic (exact) mass is 254 g/mol. The topological polar surface area (TPSA) is 35.5 Å². The molecule has 1 aromatic rings. The third-order valence-electron chi connectivity index (χ3n) is 3.20. The van der Waals surface area contributed by atoms with Crippen LogP contribution in [0.5, 0.6) is 0 Å². The Morgan fingerprint density at radius 1 is 1.44 bits per heavy atom. The summed E-state index contributed by atoms with van der Waals surface area (Å²) in [6, 6.07) is 4.99. The number of anilines is 1. The Hall–Kier alpha value is -1.13. The van der Waals surface area contributed by atoms with Crippen LogP contribution >= 0.6 is 0 Å². The first kappa shape index (κ1) is 14.9. The lowest BCUT2D eigenvalue weighted by atomic mass is 10.0. The molecule has 4 heteroatoms. The molecular weight excluding hydrogens is 231 g/mol. The molecule has 1 atom stereocenters. The van der Waals surface area contributed by atoms with Gasteiger partial charge in [-0.25, -0.2) is 4.39 Å². The minimum absolute atomic E-state index is 0.0962. The molecule has 0 aliphatic rings. The van der Waals surface area contributed by atoms with Gasteiger partial charge in [-0.2, -0.15) is 0 Å². The molecular formula is C14H23FN2O. The lowest BCUT2D eigenvalue weighted by Gasteiger charge is -2.27. The van der Waals surface area contributed by atoms with Gasteiger partial charge in [-0.1, -0.05) is 0 Å². The van der Waals surface area contributed by atoms with Gasteiger partial charge in [-0.3, -0.25) is 0 Å². The van der Waals surface area contributed by atoms with E-state index >= 15 is 0 Å². The van der Waals surface area contributed by atoms with E-state index in [9.17, 15) is 4.39 Å². The zero-order valence-electron chi connectivity index (χ0n) is 11.4. The predicted molar refractivity (Wildman–Crippen MR) is 73.5 cm³/mol. The molecule has 0 spiro atoms. The van der Waals surface area contributed by atoms with Crippen molar-refractivity contribution in [3.63, 3.8) is 0 Å². The summed E-state index contributed by atoms with van der Waals surface area (Å²) in [6.07, 6.45) is 0.721. The second-order valence-corrected chi connectivity index (χ2v) is 4.37. The average molecular weight is 254 g/mol. The normalized spacial score (nSPS) is 12.5. The molecule has 1 aromatic carbocycles. The molecule has 0 heterocycles. The number of halogens is 1. The van der Waals surface area contributed by atoms with Crippen molar-refractivity contribution in [3.8, 4) is 0 Å². The van der Waals surface area contributed by atoms with Crippen molar-refractivity contribution in [1.82, 2.24) is 5.32 Å². The van der Waals surface area contributed by atoms with Gasteiger partial charge in [0.2, 0.25) is 0 Å². The van der Waals surface area contributed by atoms with Gasteiger partial charge in [0, 0.05) is 31.4 Å². The first-order chi connectivity index (χ1) is 8.63. The molecule has 3 nitrogen and oxygen atoms in total. The van der Waals surface area contributed by atoms with Crippen LogP contribution in [0, 0.1) is 5.82 Å². The Morgan fingerprint density at radius 3 is 2.72 bits per heavy atom. The fourth-order valence-corrected chi connectivity index (χ4v) is 2.03. The van der Waals surface area contributed by atoms with Crippen LogP contribution in [0.1, 0.15) is 31.9 Å². The number of nitrogens with one attached hydrogen (secondary N) is 1. The molecule has 0 bridgehead atoms. The maximum atomic E-state index is 13.4. The van der Waals surface area contributed by atoms with Crippen LogP contribution in [0.3, 0.4) is 0 Å². The van der Waals surface area contributed by atoms with Gasteiger partial charge < -0.3 is 15.3 Å². The van der Waals surface area contributed by atoms with Gasteiger partial charge in [-0.05, 0) is 51.1 Å². The van der Waals surface area contributed by atoms with Gasteiger partial charge in [-0.15, -0.1) is 0 Å². The molecule has 0 saturated carbocycles. The molecule has 0 aromatic heterocycles. The van der Waals surface area contributed by atoms with Gasteiger partial charge in [0.05, 0.1) is 0 Å². The van der Waals surface area contributed by atoms with Crippen LogP contribution in [0.15, 0.2) is 18.2 Å². The summed E-state index contributed by atoms with van der Waals surface area (Å²) < 4.78 is 13.4. The Bertz CT molecular complexity index is 371. The molecule has 1 unspecified atom stereocenters. The highest BCUT2D eigenvalue weighted by atomic mass is 19.1. The van der Waals surface area contributed by atoms with Crippen LogP contribution < -0.4 is 10.2 Å². The Morgan fingerprint density at radius 2 is 2.17 bits per heavy atom. The third kappa shape index (κ3) is 3.68. The standard InChI is InChI=1S/C14H23FN2O/c1-4-17(8-5-9-18)14-7-6-12(15)10-13(14)11(2)16-3/h6-7,10-11,16,18H,4-5,8-9H2,1-3H3. The first-order valence-corrected chi connectivity index (χ1v) is 6.46. The van der Waals surface area contributed by atoms with Crippen LogP contribution in [0.25, 0.3) is 0 Å². The average Bonchev–Trinajstić information content (AvgIpc) is 2.39. The van der Waals surface area contributed by atoms with Crippen LogP contribution in [-0.4, -0.2) is 31.9 Å². The Kier molecular flexibility index (Phi) is 6.09. The Balaban J connectivity index is 3.04. The largest absolute Gasteiger partial charge is 0.396 e. The molecule has 102 valence electrons. The van der Waals surface area contributed by atoms with Crippen LogP contribution in [0.4, 0.5) is 10.1 Å². The molecule has 0 amide bonds. The summed E-state index contributed by atoms with van der Waals surface area (Å²) in [5, 5.41) is 12.1. The van der Waals surface area contributed by atoms with Crippen molar-refractivity contribution >= 4 is 5.69 Å². The number of rotatable bonds is 7. The highest BCUT2D eigenvalue weighted by Gasteiger charge is 2.14. The number of aliphatic hydroxyl groups excluding tert-OH is 1. The molecule has 0 aliphatic heterocycles. The number of hydrogen-bond acceptors (Lipinski definition) is 3. The SMILES string of the molecule is CCN(CCCO)c1ccc(F)cc1C(C)NC. The van der Waals surface area contributed by atoms with E-state index in [1.165, 1.54) is 6.07 Å². The van der Waals surface area contributed by atoms with Crippen molar-refractivity contribution in [2.45, 2.75) is 26.3 Å². The fraction of sp³-hybridized carbons (Fsp3) is 0.571. The van der Waals surface area contributed by atoms with Crippen molar-refractivity contribution in [2.75, 3.05) is 31.6 Å². The molecule has 0 saturated heterocycles. The Labute approximate surface area is 109 Å². The number of aliphatic hydroxyl groups is 1. The number of hydrogen-bond donors (Lipinski definition) is 2. The minimum Gasteiger partial charge on any atom is -0.396 e. The number of nitrogens with zero attached hydrogens (tertiary/aromatic N) is 1. The van der Waals surface area contributed by atoms with E-state index in [1.807, 2.05) is 20.0 Å². The van der Waals surface area contributed by atoms with Crippen LogP contribution in [-0.2, 0) is 0 Å². The lowest BCUT2D eigenvalue weighted by Crippen LogP contribution is -2.27. The van der Waals surface area contributed by atoms with E-state index in [0.717, 1.165) is 30.8 Å². The summed E-state index contributed by atoms with van der Waals surface area (Å²) in [5.41, 5.74) is 1.99. The summed E-state index contributed by atoms with van der Waals surface area (Å²) in [6.45, 7) is 5.87. The summed E-state index contributed by atoms with van der Waals surface area (Å²) in [5.74, 6) is -0.214. The van der Waals surface area contributed by atoms with Gasteiger partial charge in [0.15, 0.2) is 0 Å². The van der Waals surface area contributed by atoms with E-state index < -0.39 is 0 Å². The smallest absolute Gasteiger partial charge is 0.123 e. The molecule has 18 heavy (non-hydrogen) atoms. The second kappa shape index (κ2) is 7.34. The van der Waals surface area contributed by atoms with Crippen LogP contribution in [0.2, 0.25) is 0 Å². The molecule has 0 aliphatic carbocycles. The van der Waals surface area contributed by atoms with Gasteiger partial charge >= 0.3 is 0 Å². The quantitative estimate of drug-likeness (QED) is 0.784. The molecule has 0 fully saturated rings. The van der Waals surface area contributed by atoms with Crippen molar-refractivity contribution in [1.29, 1.82) is 0 Å². The molecule has 0 radical (unpaired) electrons. The van der Waals surface area contributed by atoms with Gasteiger partial charge in [0.25, 0.3) is 0 Å². The molecule has 2 N–H and O–H groups in total. The zero-order valence-corrected chi connectivity index (χ0v) is 11.4. The third-order valence-corrected chi connectivity index (χ3v) is 3.20.